The maximum atomic E-state index is 8.65. The van der Waals surface area contributed by atoms with Gasteiger partial charge in [-0.05, 0) is 44.1 Å². The van der Waals surface area contributed by atoms with E-state index in [1.54, 1.807) is 0 Å². The van der Waals surface area contributed by atoms with Gasteiger partial charge in [-0.3, -0.25) is 0 Å². The van der Waals surface area contributed by atoms with Gasteiger partial charge in [0.15, 0.2) is 0 Å². The Morgan fingerprint density at radius 3 is 2.60 bits per heavy atom. The minimum absolute atomic E-state index is 0.328. The van der Waals surface area contributed by atoms with Gasteiger partial charge in [0.1, 0.15) is 0 Å². The van der Waals surface area contributed by atoms with Crippen LogP contribution in [0.1, 0.15) is 30.4 Å². The molecule has 0 aliphatic carbocycles. The monoisotopic (exact) mass is 224 g/mol. The summed E-state index contributed by atoms with van der Waals surface area (Å²) >= 11 is 1.92. The van der Waals surface area contributed by atoms with Crippen molar-refractivity contribution in [2.75, 3.05) is 12.4 Å². The fourth-order valence-electron chi connectivity index (χ4n) is 1.53. The zero-order valence-electron chi connectivity index (χ0n) is 9.62. The first-order chi connectivity index (χ1) is 7.24. The van der Waals surface area contributed by atoms with Crippen LogP contribution in [-0.2, 0) is 0 Å². The van der Waals surface area contributed by atoms with Gasteiger partial charge in [0.05, 0.1) is 0 Å². The number of aliphatic hydroxyl groups excluding tert-OH is 1. The maximum absolute atomic E-state index is 8.65. The Hall–Kier alpha value is -0.470. The second-order valence-corrected chi connectivity index (χ2v) is 5.04. The molecule has 0 aliphatic heterocycles. The third kappa shape index (κ3) is 4.72. The number of thioether (sulfide) groups is 1. The Bertz CT molecular complexity index is 297. The van der Waals surface area contributed by atoms with Gasteiger partial charge in [-0.15, -0.1) is 11.8 Å². The van der Waals surface area contributed by atoms with E-state index < -0.39 is 0 Å². The van der Waals surface area contributed by atoms with E-state index in [0.29, 0.717) is 6.61 Å². The fourth-order valence-corrected chi connectivity index (χ4v) is 2.55. The molecule has 0 saturated heterocycles. The highest BCUT2D eigenvalue weighted by Gasteiger charge is 1.98. The molecule has 0 unspecified atom stereocenters. The summed E-state index contributed by atoms with van der Waals surface area (Å²) < 4.78 is 0. The SMILES string of the molecule is Cc1ccc(SCCCCCO)c(C)c1. The molecule has 15 heavy (non-hydrogen) atoms. The van der Waals surface area contributed by atoms with Crippen molar-refractivity contribution >= 4 is 11.8 Å². The van der Waals surface area contributed by atoms with Gasteiger partial charge in [-0.2, -0.15) is 0 Å². The fraction of sp³-hybridized carbons (Fsp3) is 0.538. The molecule has 1 nitrogen and oxygen atoms in total. The number of aliphatic hydroxyl groups is 1. The Morgan fingerprint density at radius 2 is 1.93 bits per heavy atom. The van der Waals surface area contributed by atoms with Crippen LogP contribution >= 0.6 is 11.8 Å². The molecular formula is C13H20OS. The van der Waals surface area contributed by atoms with Gasteiger partial charge in [0.2, 0.25) is 0 Å². The second kappa shape index (κ2) is 6.91. The topological polar surface area (TPSA) is 20.2 Å². The predicted octanol–water partition coefficient (Wildman–Crippen LogP) is 3.56. The van der Waals surface area contributed by atoms with Gasteiger partial charge < -0.3 is 5.11 Å². The van der Waals surface area contributed by atoms with Crippen LogP contribution in [-0.4, -0.2) is 17.5 Å². The minimum Gasteiger partial charge on any atom is -0.396 e. The first kappa shape index (κ1) is 12.6. The van der Waals surface area contributed by atoms with Crippen molar-refractivity contribution in [3.05, 3.63) is 29.3 Å². The summed E-state index contributed by atoms with van der Waals surface area (Å²) in [5.41, 5.74) is 2.71. The molecule has 0 aromatic heterocycles. The van der Waals surface area contributed by atoms with Crippen LogP contribution in [0.25, 0.3) is 0 Å². The van der Waals surface area contributed by atoms with Crippen molar-refractivity contribution < 1.29 is 5.11 Å². The lowest BCUT2D eigenvalue weighted by atomic mass is 10.2. The van der Waals surface area contributed by atoms with Crippen LogP contribution in [0.3, 0.4) is 0 Å². The van der Waals surface area contributed by atoms with Gasteiger partial charge in [-0.1, -0.05) is 24.1 Å². The molecule has 0 aliphatic rings. The van der Waals surface area contributed by atoms with Crippen LogP contribution in [0, 0.1) is 13.8 Å². The van der Waals surface area contributed by atoms with Crippen molar-refractivity contribution in [2.45, 2.75) is 38.0 Å². The molecule has 1 rings (SSSR count). The average molecular weight is 224 g/mol. The molecule has 0 atom stereocenters. The number of hydrogen-bond acceptors (Lipinski definition) is 2. The first-order valence-corrected chi connectivity index (χ1v) is 6.53. The summed E-state index contributed by atoms with van der Waals surface area (Å²) in [4.78, 5) is 1.39. The molecule has 84 valence electrons. The predicted molar refractivity (Wildman–Crippen MR) is 67.6 cm³/mol. The molecule has 0 spiro atoms. The molecule has 0 amide bonds. The van der Waals surface area contributed by atoms with E-state index >= 15 is 0 Å². The lowest BCUT2D eigenvalue weighted by Gasteiger charge is -2.06. The zero-order chi connectivity index (χ0) is 11.1. The molecule has 1 aromatic rings. The third-order valence-corrected chi connectivity index (χ3v) is 3.65. The van der Waals surface area contributed by atoms with E-state index in [1.165, 1.54) is 22.4 Å². The second-order valence-electron chi connectivity index (χ2n) is 3.90. The highest BCUT2D eigenvalue weighted by atomic mass is 32.2. The van der Waals surface area contributed by atoms with E-state index in [1.807, 2.05) is 11.8 Å². The van der Waals surface area contributed by atoms with Crippen molar-refractivity contribution in [1.29, 1.82) is 0 Å². The van der Waals surface area contributed by atoms with Gasteiger partial charge in [-0.25, -0.2) is 0 Å². The van der Waals surface area contributed by atoms with Crippen LogP contribution in [0.4, 0.5) is 0 Å². The number of rotatable bonds is 6. The quantitative estimate of drug-likeness (QED) is 0.589. The van der Waals surface area contributed by atoms with Crippen molar-refractivity contribution in [3.8, 4) is 0 Å². The number of unbranched alkanes of at least 4 members (excludes halogenated alkanes) is 2. The normalized spacial score (nSPS) is 10.6. The maximum Gasteiger partial charge on any atom is 0.0431 e. The Labute approximate surface area is 96.9 Å². The van der Waals surface area contributed by atoms with Crippen molar-refractivity contribution in [1.82, 2.24) is 0 Å². The zero-order valence-corrected chi connectivity index (χ0v) is 10.4. The van der Waals surface area contributed by atoms with Crippen LogP contribution < -0.4 is 0 Å². The number of benzene rings is 1. The Balaban J connectivity index is 2.31. The summed E-state index contributed by atoms with van der Waals surface area (Å²) in [6.45, 7) is 4.62. The summed E-state index contributed by atoms with van der Waals surface area (Å²) in [5.74, 6) is 1.16. The van der Waals surface area contributed by atoms with Gasteiger partial charge >= 0.3 is 0 Å². The Morgan fingerprint density at radius 1 is 1.13 bits per heavy atom. The molecule has 0 saturated carbocycles. The number of hydrogen-bond donors (Lipinski definition) is 1. The summed E-state index contributed by atoms with van der Waals surface area (Å²) in [6.07, 6.45) is 3.26. The average Bonchev–Trinajstić information content (AvgIpc) is 2.20. The van der Waals surface area contributed by atoms with Crippen molar-refractivity contribution in [3.63, 3.8) is 0 Å². The highest BCUT2D eigenvalue weighted by Crippen LogP contribution is 2.24. The molecule has 0 heterocycles. The van der Waals surface area contributed by atoms with Crippen LogP contribution in [0.2, 0.25) is 0 Å². The largest absolute Gasteiger partial charge is 0.396 e. The molecule has 0 fully saturated rings. The van der Waals surface area contributed by atoms with Gasteiger partial charge in [0, 0.05) is 11.5 Å². The highest BCUT2D eigenvalue weighted by molar-refractivity contribution is 7.99. The molecule has 2 heteroatoms. The van der Waals surface area contributed by atoms with E-state index in [0.717, 1.165) is 18.6 Å². The molecule has 1 aromatic carbocycles. The molecule has 0 radical (unpaired) electrons. The molecule has 0 bridgehead atoms. The minimum atomic E-state index is 0.328. The first-order valence-electron chi connectivity index (χ1n) is 5.55. The molecule has 1 N–H and O–H groups in total. The van der Waals surface area contributed by atoms with Gasteiger partial charge in [0.25, 0.3) is 0 Å². The number of aryl methyl sites for hydroxylation is 2. The summed E-state index contributed by atoms with van der Waals surface area (Å²) in [6, 6.07) is 6.61. The standard InChI is InChI=1S/C13H20OS/c1-11-6-7-13(12(2)10-11)15-9-5-3-4-8-14/h6-7,10,14H,3-5,8-9H2,1-2H3. The summed E-state index contributed by atoms with van der Waals surface area (Å²) in [5, 5.41) is 8.65. The lowest BCUT2D eigenvalue weighted by Crippen LogP contribution is -1.87. The smallest absolute Gasteiger partial charge is 0.0431 e. The third-order valence-electron chi connectivity index (χ3n) is 2.39. The van der Waals surface area contributed by atoms with Crippen molar-refractivity contribution in [2.24, 2.45) is 0 Å². The Kier molecular flexibility index (Phi) is 5.81. The van der Waals surface area contributed by atoms with E-state index in [2.05, 4.69) is 32.0 Å². The lowest BCUT2D eigenvalue weighted by molar-refractivity contribution is 0.284. The van der Waals surface area contributed by atoms with E-state index in [-0.39, 0.29) is 0 Å². The van der Waals surface area contributed by atoms with E-state index in [9.17, 15) is 0 Å². The van der Waals surface area contributed by atoms with Crippen LogP contribution in [0.15, 0.2) is 23.1 Å². The van der Waals surface area contributed by atoms with E-state index in [4.69, 9.17) is 5.11 Å². The molecular weight excluding hydrogens is 204 g/mol. The summed E-state index contributed by atoms with van der Waals surface area (Å²) in [7, 11) is 0. The van der Waals surface area contributed by atoms with Crippen LogP contribution in [0.5, 0.6) is 0 Å².